The zero-order valence-corrected chi connectivity index (χ0v) is 20.0. The van der Waals surface area contributed by atoms with Crippen LogP contribution in [0.25, 0.3) is 0 Å². The van der Waals surface area contributed by atoms with Crippen molar-refractivity contribution >= 4 is 11.7 Å². The molecule has 5 N–H and O–H groups in total. The Morgan fingerprint density at radius 1 is 1.14 bits per heavy atom. The molecule has 3 aromatic rings. The van der Waals surface area contributed by atoms with Crippen LogP contribution >= 0.6 is 0 Å². The quantitative estimate of drug-likeness (QED) is 0.265. The van der Waals surface area contributed by atoms with Gasteiger partial charge >= 0.3 is 0 Å². The lowest BCUT2D eigenvalue weighted by Crippen LogP contribution is -2.21. The van der Waals surface area contributed by atoms with Crippen molar-refractivity contribution in [3.63, 3.8) is 0 Å². The Labute approximate surface area is 211 Å². The highest BCUT2D eigenvalue weighted by molar-refractivity contribution is 5.95. The summed E-state index contributed by atoms with van der Waals surface area (Å²) in [4.78, 5) is 17.5. The summed E-state index contributed by atoms with van der Waals surface area (Å²) >= 11 is 0. The molecule has 0 saturated carbocycles. The topological polar surface area (TPSA) is 143 Å². The number of pyridine rings is 1. The highest BCUT2D eigenvalue weighted by atomic mass is 19.1. The molecule has 0 radical (unpaired) electrons. The van der Waals surface area contributed by atoms with Crippen molar-refractivity contribution in [2.24, 2.45) is 5.73 Å². The number of carbonyl (C=O) groups excluding carboxylic acids is 1. The van der Waals surface area contributed by atoms with Gasteiger partial charge in [-0.3, -0.25) is 10.2 Å². The Kier molecular flexibility index (Phi) is 7.39. The molecule has 1 unspecified atom stereocenters. The number of rotatable bonds is 8. The molecule has 194 valence electrons. The number of nitrogens with one attached hydrogen (secondary N) is 2. The van der Waals surface area contributed by atoms with E-state index in [1.54, 1.807) is 20.2 Å². The number of nitrogens with zero attached hydrogens (tertiary/aromatic N) is 2. The summed E-state index contributed by atoms with van der Waals surface area (Å²) in [6.07, 6.45) is 0.00608. The van der Waals surface area contributed by atoms with Gasteiger partial charge in [0.05, 0.1) is 0 Å². The monoisotopic (exact) mass is 513 g/mol. The number of halogens is 2. The van der Waals surface area contributed by atoms with Crippen LogP contribution in [0.2, 0.25) is 0 Å². The van der Waals surface area contributed by atoms with Gasteiger partial charge in [0, 0.05) is 31.8 Å². The van der Waals surface area contributed by atoms with Gasteiger partial charge < -0.3 is 35.3 Å². The number of benzene rings is 2. The summed E-state index contributed by atoms with van der Waals surface area (Å²) in [6.45, 7) is 0.994. The standard InChI is InChI=1S/C25H25F2N5O5/c1-32(2)25(34)14-4-3-5-15(10-14)36-23-19(26)21(35-16-8-9-30-12-16)20(27)24(31-23)37-18-11-13(22(28)29)6-7-17(18)33/h3-7,10-11,16,30,33H,8-9,12H2,1-2H3,(H3,28,29). The average molecular weight is 514 g/mol. The molecule has 12 heteroatoms. The highest BCUT2D eigenvalue weighted by Crippen LogP contribution is 2.40. The summed E-state index contributed by atoms with van der Waals surface area (Å²) in [5.74, 6) is -5.86. The van der Waals surface area contributed by atoms with E-state index in [0.717, 1.165) is 0 Å². The first-order valence-corrected chi connectivity index (χ1v) is 11.2. The first-order valence-electron chi connectivity index (χ1n) is 11.2. The molecule has 1 aromatic heterocycles. The SMILES string of the molecule is CN(C)C(=O)c1cccc(Oc2nc(Oc3cc(C(=N)N)ccc3O)c(F)c(OC3CCNC3)c2F)c1. The fraction of sp³-hybridized carbons (Fsp3) is 0.240. The number of phenolic OH excluding ortho intramolecular Hbond substituents is 1. The third-order valence-corrected chi connectivity index (χ3v) is 5.46. The number of amidine groups is 1. The third-order valence-electron chi connectivity index (χ3n) is 5.46. The normalized spacial score (nSPS) is 14.8. The summed E-state index contributed by atoms with van der Waals surface area (Å²) in [7, 11) is 3.16. The Balaban J connectivity index is 1.75. The summed E-state index contributed by atoms with van der Waals surface area (Å²) in [5, 5.41) is 20.8. The van der Waals surface area contributed by atoms with E-state index in [1.807, 2.05) is 0 Å². The second-order valence-electron chi connectivity index (χ2n) is 8.44. The van der Waals surface area contributed by atoms with Crippen molar-refractivity contribution in [1.29, 1.82) is 5.41 Å². The van der Waals surface area contributed by atoms with Crippen molar-refractivity contribution < 1.29 is 32.9 Å². The minimum Gasteiger partial charge on any atom is -0.504 e. The maximum atomic E-state index is 15.4. The van der Waals surface area contributed by atoms with Crippen molar-refractivity contribution in [3.05, 3.63) is 65.2 Å². The van der Waals surface area contributed by atoms with E-state index in [-0.39, 0.29) is 34.4 Å². The first kappa shape index (κ1) is 25.6. The maximum absolute atomic E-state index is 15.4. The number of hydrogen-bond donors (Lipinski definition) is 4. The number of ether oxygens (including phenoxy) is 3. The van der Waals surface area contributed by atoms with Crippen LogP contribution in [0.4, 0.5) is 8.78 Å². The highest BCUT2D eigenvalue weighted by Gasteiger charge is 2.29. The molecule has 4 rings (SSSR count). The smallest absolute Gasteiger partial charge is 0.263 e. The molecule has 1 atom stereocenters. The molecule has 0 bridgehead atoms. The molecule has 0 spiro atoms. The lowest BCUT2D eigenvalue weighted by Gasteiger charge is -2.18. The minimum atomic E-state index is -1.25. The molecule has 37 heavy (non-hydrogen) atoms. The average Bonchev–Trinajstić information content (AvgIpc) is 3.38. The van der Waals surface area contributed by atoms with Gasteiger partial charge in [0.2, 0.25) is 17.4 Å². The largest absolute Gasteiger partial charge is 0.504 e. The molecule has 10 nitrogen and oxygen atoms in total. The number of hydrogen-bond acceptors (Lipinski definition) is 8. The van der Waals surface area contributed by atoms with Crippen LogP contribution in [0.3, 0.4) is 0 Å². The molecule has 2 heterocycles. The van der Waals surface area contributed by atoms with E-state index in [4.69, 9.17) is 25.4 Å². The Hall–Kier alpha value is -4.45. The van der Waals surface area contributed by atoms with Crippen LogP contribution in [-0.4, -0.2) is 60.0 Å². The van der Waals surface area contributed by atoms with Gasteiger partial charge in [-0.15, -0.1) is 0 Å². The third kappa shape index (κ3) is 5.70. The predicted molar refractivity (Wildman–Crippen MR) is 130 cm³/mol. The molecule has 1 aliphatic rings. The number of aromatic nitrogens is 1. The summed E-state index contributed by atoms with van der Waals surface area (Å²) in [6, 6.07) is 9.75. The van der Waals surface area contributed by atoms with E-state index in [2.05, 4.69) is 10.3 Å². The van der Waals surface area contributed by atoms with Gasteiger partial charge in [-0.05, 0) is 49.4 Å². The van der Waals surface area contributed by atoms with Crippen LogP contribution in [0.15, 0.2) is 42.5 Å². The number of aromatic hydroxyl groups is 1. The van der Waals surface area contributed by atoms with Gasteiger partial charge in [-0.2, -0.15) is 13.8 Å². The van der Waals surface area contributed by atoms with Crippen LogP contribution in [0.5, 0.6) is 34.8 Å². The molecule has 1 aliphatic heterocycles. The second-order valence-corrected chi connectivity index (χ2v) is 8.44. The van der Waals surface area contributed by atoms with Crippen LogP contribution in [-0.2, 0) is 0 Å². The van der Waals surface area contributed by atoms with Gasteiger partial charge in [-0.1, -0.05) is 6.07 Å². The number of carbonyl (C=O) groups is 1. The van der Waals surface area contributed by atoms with Crippen molar-refractivity contribution in [2.75, 3.05) is 27.2 Å². The number of nitrogen functional groups attached to an aromatic ring is 1. The van der Waals surface area contributed by atoms with E-state index in [9.17, 15) is 9.90 Å². The fourth-order valence-corrected chi connectivity index (χ4v) is 3.55. The molecule has 1 fully saturated rings. The van der Waals surface area contributed by atoms with Crippen LogP contribution in [0, 0.1) is 17.0 Å². The van der Waals surface area contributed by atoms with Crippen molar-refractivity contribution in [3.8, 4) is 34.8 Å². The first-order chi connectivity index (χ1) is 17.6. The molecule has 1 amide bonds. The fourth-order valence-electron chi connectivity index (χ4n) is 3.55. The lowest BCUT2D eigenvalue weighted by molar-refractivity contribution is 0.0827. The van der Waals surface area contributed by atoms with Crippen molar-refractivity contribution in [2.45, 2.75) is 12.5 Å². The van der Waals surface area contributed by atoms with Crippen LogP contribution < -0.4 is 25.3 Å². The summed E-state index contributed by atoms with van der Waals surface area (Å²) in [5.41, 5.74) is 5.96. The Morgan fingerprint density at radius 3 is 2.51 bits per heavy atom. The zero-order chi connectivity index (χ0) is 26.7. The zero-order valence-electron chi connectivity index (χ0n) is 20.0. The van der Waals surface area contributed by atoms with Crippen molar-refractivity contribution in [1.82, 2.24) is 15.2 Å². The molecule has 1 saturated heterocycles. The van der Waals surface area contributed by atoms with Gasteiger partial charge in [-0.25, -0.2) is 0 Å². The van der Waals surface area contributed by atoms with Crippen LogP contribution in [0.1, 0.15) is 22.3 Å². The molecular weight excluding hydrogens is 488 g/mol. The number of nitrogens with two attached hydrogens (primary N) is 1. The van der Waals surface area contributed by atoms with E-state index >= 15 is 8.78 Å². The van der Waals surface area contributed by atoms with E-state index in [0.29, 0.717) is 19.5 Å². The number of amides is 1. The van der Waals surface area contributed by atoms with Gasteiger partial charge in [0.15, 0.2) is 11.5 Å². The Bertz CT molecular complexity index is 1350. The van der Waals surface area contributed by atoms with Gasteiger partial charge in [0.1, 0.15) is 17.7 Å². The van der Waals surface area contributed by atoms with E-state index < -0.39 is 41.0 Å². The lowest BCUT2D eigenvalue weighted by atomic mass is 10.2. The molecule has 2 aromatic carbocycles. The van der Waals surface area contributed by atoms with E-state index in [1.165, 1.54) is 41.3 Å². The predicted octanol–water partition coefficient (Wildman–Crippen LogP) is 3.38. The molecular formula is C25H25F2N5O5. The maximum Gasteiger partial charge on any atom is 0.263 e. The van der Waals surface area contributed by atoms with Gasteiger partial charge in [0.25, 0.3) is 17.7 Å². The molecule has 0 aliphatic carbocycles. The number of phenols is 1. The minimum absolute atomic E-state index is 0.0616. The summed E-state index contributed by atoms with van der Waals surface area (Å²) < 4.78 is 47.5. The Morgan fingerprint density at radius 2 is 1.86 bits per heavy atom. The second kappa shape index (κ2) is 10.7.